The number of rotatable bonds is 7. The van der Waals surface area contributed by atoms with Crippen molar-refractivity contribution < 1.29 is 17.9 Å². The van der Waals surface area contributed by atoms with E-state index in [1.807, 2.05) is 12.3 Å². The van der Waals surface area contributed by atoms with E-state index in [2.05, 4.69) is 9.88 Å². The van der Waals surface area contributed by atoms with E-state index in [1.54, 1.807) is 71.0 Å². The van der Waals surface area contributed by atoms with Crippen molar-refractivity contribution in [1.29, 1.82) is 0 Å². The SMILES string of the molecule is Cc1ccc(S(=O)(=O)N(C)c2ccc(OCC(=O)N3CCN(c4nccs4)CC3)cc2)cc1. The lowest BCUT2D eigenvalue weighted by atomic mass is 10.2. The third kappa shape index (κ3) is 5.28. The van der Waals surface area contributed by atoms with Crippen molar-refractivity contribution in [2.24, 2.45) is 0 Å². The summed E-state index contributed by atoms with van der Waals surface area (Å²) in [5.41, 5.74) is 1.50. The quantitative estimate of drug-likeness (QED) is 0.511. The van der Waals surface area contributed by atoms with Crippen molar-refractivity contribution >= 4 is 38.1 Å². The van der Waals surface area contributed by atoms with Gasteiger partial charge in [0, 0.05) is 44.8 Å². The van der Waals surface area contributed by atoms with Crippen LogP contribution in [0.5, 0.6) is 5.75 Å². The summed E-state index contributed by atoms with van der Waals surface area (Å²) in [5.74, 6) is 0.437. The zero-order chi connectivity index (χ0) is 23.4. The molecule has 0 atom stereocenters. The van der Waals surface area contributed by atoms with Gasteiger partial charge in [0.25, 0.3) is 15.9 Å². The second kappa shape index (κ2) is 9.80. The normalized spacial score (nSPS) is 14.2. The predicted octanol–water partition coefficient (Wildman–Crippen LogP) is 3.00. The number of hydrogen-bond donors (Lipinski definition) is 0. The van der Waals surface area contributed by atoms with Crippen molar-refractivity contribution in [2.75, 3.05) is 49.0 Å². The third-order valence-electron chi connectivity index (χ3n) is 5.56. The number of carbonyl (C=O) groups is 1. The monoisotopic (exact) mass is 486 g/mol. The standard InChI is InChI=1S/C23H26N4O4S2/c1-18-3-9-21(10-4-18)33(29,30)25(2)19-5-7-20(8-6-19)31-17-22(28)26-12-14-27(15-13-26)23-24-11-16-32-23/h3-11,16H,12-15,17H2,1-2H3. The Balaban J connectivity index is 1.30. The van der Waals surface area contributed by atoms with E-state index in [0.29, 0.717) is 24.5 Å². The first-order chi connectivity index (χ1) is 15.8. The fraction of sp³-hybridized carbons (Fsp3) is 0.304. The molecule has 0 unspecified atom stereocenters. The van der Waals surface area contributed by atoms with Crippen LogP contribution >= 0.6 is 11.3 Å². The molecule has 2 aromatic carbocycles. The topological polar surface area (TPSA) is 83.0 Å². The van der Waals surface area contributed by atoms with Crippen LogP contribution in [0.4, 0.5) is 10.8 Å². The fourth-order valence-electron chi connectivity index (χ4n) is 3.52. The number of nitrogens with zero attached hydrogens (tertiary/aromatic N) is 4. The molecule has 0 aliphatic carbocycles. The van der Waals surface area contributed by atoms with Gasteiger partial charge < -0.3 is 14.5 Å². The van der Waals surface area contributed by atoms with Crippen LogP contribution < -0.4 is 13.9 Å². The molecule has 8 nitrogen and oxygen atoms in total. The van der Waals surface area contributed by atoms with Gasteiger partial charge in [-0.3, -0.25) is 9.10 Å². The summed E-state index contributed by atoms with van der Waals surface area (Å²) in [5, 5.41) is 2.93. The number of aromatic nitrogens is 1. The summed E-state index contributed by atoms with van der Waals surface area (Å²) in [7, 11) is -2.14. The van der Waals surface area contributed by atoms with Crippen LogP contribution in [0.15, 0.2) is 65.0 Å². The molecule has 2 heterocycles. The number of benzene rings is 2. The molecule has 0 radical (unpaired) electrons. The van der Waals surface area contributed by atoms with Crippen LogP contribution in [0.2, 0.25) is 0 Å². The Bertz CT molecular complexity index is 1170. The first kappa shape index (κ1) is 23.1. The first-order valence-corrected chi connectivity index (χ1v) is 12.9. The summed E-state index contributed by atoms with van der Waals surface area (Å²) in [6, 6.07) is 13.4. The van der Waals surface area contributed by atoms with E-state index in [9.17, 15) is 13.2 Å². The number of hydrogen-bond acceptors (Lipinski definition) is 7. The van der Waals surface area contributed by atoms with Gasteiger partial charge in [0.05, 0.1) is 10.6 Å². The molecular formula is C23H26N4O4S2. The summed E-state index contributed by atoms with van der Waals surface area (Å²) >= 11 is 1.60. The lowest BCUT2D eigenvalue weighted by molar-refractivity contribution is -0.133. The van der Waals surface area contributed by atoms with Gasteiger partial charge in [0.2, 0.25) is 0 Å². The van der Waals surface area contributed by atoms with Gasteiger partial charge >= 0.3 is 0 Å². The molecule has 1 amide bonds. The Morgan fingerprint density at radius 3 is 2.33 bits per heavy atom. The number of carbonyl (C=O) groups excluding carboxylic acids is 1. The van der Waals surface area contributed by atoms with Crippen LogP contribution in [0.25, 0.3) is 0 Å². The second-order valence-electron chi connectivity index (χ2n) is 7.75. The Morgan fingerprint density at radius 2 is 1.73 bits per heavy atom. The van der Waals surface area contributed by atoms with Crippen molar-refractivity contribution in [3.8, 4) is 5.75 Å². The zero-order valence-corrected chi connectivity index (χ0v) is 20.2. The maximum atomic E-state index is 12.9. The van der Waals surface area contributed by atoms with Crippen LogP contribution in [0.3, 0.4) is 0 Å². The second-order valence-corrected chi connectivity index (χ2v) is 10.6. The number of piperazine rings is 1. The number of ether oxygens (including phenoxy) is 1. The number of aryl methyl sites for hydroxylation is 1. The lowest BCUT2D eigenvalue weighted by Gasteiger charge is -2.34. The van der Waals surface area contributed by atoms with E-state index < -0.39 is 10.0 Å². The minimum Gasteiger partial charge on any atom is -0.484 e. The maximum absolute atomic E-state index is 12.9. The summed E-state index contributed by atoms with van der Waals surface area (Å²) < 4.78 is 32.6. The smallest absolute Gasteiger partial charge is 0.264 e. The van der Waals surface area contributed by atoms with E-state index >= 15 is 0 Å². The Labute approximate surface area is 198 Å². The Morgan fingerprint density at radius 1 is 1.06 bits per heavy atom. The molecule has 10 heteroatoms. The van der Waals surface area contributed by atoms with E-state index in [-0.39, 0.29) is 17.4 Å². The first-order valence-electron chi connectivity index (χ1n) is 10.6. The average Bonchev–Trinajstić information content (AvgIpc) is 3.38. The molecular weight excluding hydrogens is 460 g/mol. The van der Waals surface area contributed by atoms with Gasteiger partial charge in [-0.05, 0) is 43.3 Å². The number of sulfonamides is 1. The molecule has 1 aliphatic heterocycles. The largest absolute Gasteiger partial charge is 0.484 e. The Hall–Kier alpha value is -3.11. The molecule has 0 saturated carbocycles. The average molecular weight is 487 g/mol. The van der Waals surface area contributed by atoms with Gasteiger partial charge in [-0.25, -0.2) is 13.4 Å². The molecule has 0 spiro atoms. The van der Waals surface area contributed by atoms with Gasteiger partial charge in [0.15, 0.2) is 11.7 Å². The van der Waals surface area contributed by atoms with Gasteiger partial charge in [-0.1, -0.05) is 17.7 Å². The fourth-order valence-corrected chi connectivity index (χ4v) is 5.41. The lowest BCUT2D eigenvalue weighted by Crippen LogP contribution is -2.50. The predicted molar refractivity (Wildman–Crippen MR) is 130 cm³/mol. The molecule has 1 aliphatic rings. The highest BCUT2D eigenvalue weighted by atomic mass is 32.2. The molecule has 4 rings (SSSR count). The minimum atomic E-state index is -3.66. The van der Waals surface area contributed by atoms with Gasteiger partial charge in [-0.2, -0.15) is 0 Å². The van der Waals surface area contributed by atoms with E-state index in [4.69, 9.17) is 4.74 Å². The van der Waals surface area contributed by atoms with Crippen molar-refractivity contribution in [2.45, 2.75) is 11.8 Å². The summed E-state index contributed by atoms with van der Waals surface area (Å²) in [6.07, 6.45) is 1.78. The maximum Gasteiger partial charge on any atom is 0.264 e. The molecule has 1 aromatic heterocycles. The number of amides is 1. The van der Waals surface area contributed by atoms with Crippen LogP contribution in [0.1, 0.15) is 5.56 Å². The molecule has 0 bridgehead atoms. The van der Waals surface area contributed by atoms with Gasteiger partial charge in [0.1, 0.15) is 5.75 Å². The highest BCUT2D eigenvalue weighted by Crippen LogP contribution is 2.25. The minimum absolute atomic E-state index is 0.0614. The summed E-state index contributed by atoms with van der Waals surface area (Å²) in [4.78, 5) is 21.1. The molecule has 3 aromatic rings. The van der Waals surface area contributed by atoms with Gasteiger partial charge in [-0.15, -0.1) is 11.3 Å². The van der Waals surface area contributed by atoms with Crippen LogP contribution in [-0.2, 0) is 14.8 Å². The molecule has 33 heavy (non-hydrogen) atoms. The molecule has 1 saturated heterocycles. The third-order valence-corrected chi connectivity index (χ3v) is 8.20. The highest BCUT2D eigenvalue weighted by molar-refractivity contribution is 7.92. The van der Waals surface area contributed by atoms with Crippen molar-refractivity contribution in [3.63, 3.8) is 0 Å². The van der Waals surface area contributed by atoms with Crippen LogP contribution in [-0.4, -0.2) is 64.0 Å². The van der Waals surface area contributed by atoms with Crippen molar-refractivity contribution in [1.82, 2.24) is 9.88 Å². The number of anilines is 2. The van der Waals surface area contributed by atoms with Crippen LogP contribution in [0, 0.1) is 6.92 Å². The zero-order valence-electron chi connectivity index (χ0n) is 18.5. The van der Waals surface area contributed by atoms with Crippen molar-refractivity contribution in [3.05, 3.63) is 65.7 Å². The number of thiazole rings is 1. The highest BCUT2D eigenvalue weighted by Gasteiger charge is 2.23. The molecule has 1 fully saturated rings. The van der Waals surface area contributed by atoms with E-state index in [1.165, 1.54) is 11.4 Å². The summed E-state index contributed by atoms with van der Waals surface area (Å²) in [6.45, 7) is 4.59. The molecule has 0 N–H and O–H groups in total. The molecule has 174 valence electrons. The Kier molecular flexibility index (Phi) is 6.85. The van der Waals surface area contributed by atoms with E-state index in [0.717, 1.165) is 23.8 Å².